The Balaban J connectivity index is 1.03. The number of nitrogens with zero attached hydrogens (tertiary/aromatic N) is 3. The number of piperidine rings is 3. The lowest BCUT2D eigenvalue weighted by molar-refractivity contribution is -0.142. The monoisotopic (exact) mass is 627 g/mol. The molecule has 7 rings (SSSR count). The summed E-state index contributed by atoms with van der Waals surface area (Å²) >= 11 is 0. The molecule has 1 unspecified atom stereocenters. The Labute approximate surface area is 269 Å². The summed E-state index contributed by atoms with van der Waals surface area (Å²) in [6, 6.07) is 14.3. The average Bonchev–Trinajstić information content (AvgIpc) is 3.57. The molecule has 3 saturated heterocycles. The summed E-state index contributed by atoms with van der Waals surface area (Å²) in [6.07, 6.45) is 5.97. The molecule has 2 amide bonds. The lowest BCUT2D eigenvalue weighted by atomic mass is 9.89. The predicted octanol–water partition coefficient (Wildman–Crippen LogP) is 4.50. The number of carbonyl (C=O) groups excluding carboxylic acids is 2. The molecular formula is C35H45N7O4. The number of pyridine rings is 1. The molecule has 0 aliphatic carbocycles. The maximum Gasteiger partial charge on any atom is 0.410 e. The third-order valence-corrected chi connectivity index (χ3v) is 10.4. The Hall–Kier alpha value is -4.09. The van der Waals surface area contributed by atoms with Crippen LogP contribution in [0.2, 0.25) is 0 Å². The van der Waals surface area contributed by atoms with E-state index in [-0.39, 0.29) is 17.4 Å². The lowest BCUT2D eigenvalue weighted by Crippen LogP contribution is -2.52. The van der Waals surface area contributed by atoms with Crippen LogP contribution in [0.4, 0.5) is 16.2 Å². The number of aromatic amines is 1. The molecule has 11 nitrogen and oxygen atoms in total. The van der Waals surface area contributed by atoms with Crippen molar-refractivity contribution in [3.63, 3.8) is 0 Å². The second kappa shape index (κ2) is 13.3. The number of benzene rings is 2. The molecule has 1 aromatic heterocycles. The van der Waals surface area contributed by atoms with Crippen molar-refractivity contribution in [3.05, 3.63) is 69.5 Å². The number of hydrazine groups is 2. The van der Waals surface area contributed by atoms with E-state index in [9.17, 15) is 14.4 Å². The van der Waals surface area contributed by atoms with E-state index in [1.807, 2.05) is 54.3 Å². The van der Waals surface area contributed by atoms with Crippen molar-refractivity contribution in [2.24, 2.45) is 0 Å². The Kier molecular flexibility index (Phi) is 8.86. The number of H-pyrrole nitrogens is 1. The first kappa shape index (κ1) is 30.6. The topological polar surface area (TPSA) is 122 Å². The van der Waals surface area contributed by atoms with Crippen LogP contribution in [0.25, 0.3) is 10.9 Å². The summed E-state index contributed by atoms with van der Waals surface area (Å²) in [5, 5.41) is 1.00. The quantitative estimate of drug-likeness (QED) is 0.315. The SMILES string of the molecule is Cc1cc(CC(OC(=O)N2CCC(c3cc4ccccc4[nH]c3=O)CC2)C(=O)N2CCC(N3CCCCC3)CC2)cc2c1NNN2. The number of likely N-dealkylation sites (tertiary alicyclic amines) is 3. The van der Waals surface area contributed by atoms with Gasteiger partial charge in [-0.2, -0.15) is 0 Å². The maximum absolute atomic E-state index is 14.0. The Bertz CT molecular complexity index is 1640. The third-order valence-electron chi connectivity index (χ3n) is 10.4. The number of rotatable bonds is 6. The minimum atomic E-state index is -0.917. The van der Waals surface area contributed by atoms with E-state index >= 15 is 0 Å². The minimum absolute atomic E-state index is 0.0557. The molecule has 3 fully saturated rings. The van der Waals surface area contributed by atoms with E-state index in [1.54, 1.807) is 4.90 Å². The van der Waals surface area contributed by atoms with E-state index in [2.05, 4.69) is 26.3 Å². The summed E-state index contributed by atoms with van der Waals surface area (Å²) in [5.74, 6) is -0.0643. The van der Waals surface area contributed by atoms with Crippen LogP contribution >= 0.6 is 0 Å². The van der Waals surface area contributed by atoms with Crippen LogP contribution in [-0.2, 0) is 16.0 Å². The first-order chi connectivity index (χ1) is 22.4. The molecule has 0 radical (unpaired) electrons. The van der Waals surface area contributed by atoms with E-state index in [0.29, 0.717) is 51.5 Å². The largest absolute Gasteiger partial charge is 0.436 e. The number of aromatic nitrogens is 1. The van der Waals surface area contributed by atoms with Gasteiger partial charge in [0.15, 0.2) is 6.10 Å². The van der Waals surface area contributed by atoms with Crippen LogP contribution in [-0.4, -0.2) is 83.1 Å². The van der Waals surface area contributed by atoms with Gasteiger partial charge in [-0.3, -0.25) is 9.59 Å². The molecule has 0 bridgehead atoms. The van der Waals surface area contributed by atoms with Crippen molar-refractivity contribution in [2.45, 2.75) is 76.4 Å². The van der Waals surface area contributed by atoms with Gasteiger partial charge in [0.25, 0.3) is 11.5 Å². The molecule has 1 atom stereocenters. The highest BCUT2D eigenvalue weighted by Crippen LogP contribution is 2.32. The normalized spacial score (nSPS) is 20.2. The number of aryl methyl sites for hydroxylation is 1. The van der Waals surface area contributed by atoms with Crippen molar-refractivity contribution in [1.82, 2.24) is 25.2 Å². The Morgan fingerprint density at radius 3 is 2.41 bits per heavy atom. The van der Waals surface area contributed by atoms with Crippen LogP contribution < -0.4 is 21.9 Å². The standard InChI is InChI=1S/C35H45N7O4/c1-23-19-24(20-30-32(23)38-39-37-30)21-31(34(44)41-17-11-27(12-18-41)40-13-5-2-6-14-40)46-35(45)42-15-9-25(10-16-42)28-22-26-7-3-4-8-29(26)36-33(28)43/h3-4,7-8,19-20,22,25,27,31,37-39H,2,5-6,9-18,21H2,1H3,(H,36,43). The first-order valence-electron chi connectivity index (χ1n) is 16.9. The van der Waals surface area contributed by atoms with Gasteiger partial charge in [-0.1, -0.05) is 30.7 Å². The fourth-order valence-corrected chi connectivity index (χ4v) is 7.77. The van der Waals surface area contributed by atoms with Gasteiger partial charge in [-0.25, -0.2) is 4.79 Å². The van der Waals surface area contributed by atoms with E-state index in [1.165, 1.54) is 19.3 Å². The van der Waals surface area contributed by atoms with Gasteiger partial charge in [0, 0.05) is 49.7 Å². The van der Waals surface area contributed by atoms with Crippen molar-refractivity contribution >= 4 is 34.3 Å². The van der Waals surface area contributed by atoms with Crippen molar-refractivity contribution < 1.29 is 14.3 Å². The van der Waals surface area contributed by atoms with Gasteiger partial charge < -0.3 is 35.3 Å². The van der Waals surface area contributed by atoms with Gasteiger partial charge >= 0.3 is 6.09 Å². The summed E-state index contributed by atoms with van der Waals surface area (Å²) in [6.45, 7) is 6.62. The molecule has 0 spiro atoms. The van der Waals surface area contributed by atoms with Crippen LogP contribution in [0.3, 0.4) is 0 Å². The molecule has 3 aromatic rings. The van der Waals surface area contributed by atoms with Crippen molar-refractivity contribution in [1.29, 1.82) is 0 Å². The highest BCUT2D eigenvalue weighted by molar-refractivity contribution is 5.84. The summed E-state index contributed by atoms with van der Waals surface area (Å²) in [7, 11) is 0. The van der Waals surface area contributed by atoms with E-state index in [4.69, 9.17) is 4.74 Å². The smallest absolute Gasteiger partial charge is 0.410 e. The molecule has 0 saturated carbocycles. The molecule has 4 N–H and O–H groups in total. The van der Waals surface area contributed by atoms with Gasteiger partial charge in [0.05, 0.1) is 11.4 Å². The first-order valence-corrected chi connectivity index (χ1v) is 16.9. The van der Waals surface area contributed by atoms with Crippen LogP contribution in [0.5, 0.6) is 0 Å². The molecule has 2 aromatic carbocycles. The zero-order chi connectivity index (χ0) is 31.6. The summed E-state index contributed by atoms with van der Waals surface area (Å²) in [5.41, 5.74) is 14.5. The van der Waals surface area contributed by atoms with Gasteiger partial charge in [-0.05, 0) is 99.2 Å². The minimum Gasteiger partial charge on any atom is -0.436 e. The summed E-state index contributed by atoms with van der Waals surface area (Å²) < 4.78 is 6.10. The molecule has 11 heteroatoms. The fraction of sp³-hybridized carbons (Fsp3) is 0.514. The number of fused-ring (bicyclic) bond motifs is 2. The second-order valence-electron chi connectivity index (χ2n) is 13.3. The fourth-order valence-electron chi connectivity index (χ4n) is 7.77. The number of para-hydroxylation sites is 1. The van der Waals surface area contributed by atoms with Crippen LogP contribution in [0.15, 0.2) is 47.3 Å². The molecule has 5 heterocycles. The molecule has 4 aliphatic rings. The number of anilines is 2. The number of amides is 2. The number of nitrogens with one attached hydrogen (secondary N) is 4. The predicted molar refractivity (Wildman–Crippen MR) is 179 cm³/mol. The Morgan fingerprint density at radius 2 is 1.63 bits per heavy atom. The van der Waals surface area contributed by atoms with Crippen molar-refractivity contribution in [3.8, 4) is 0 Å². The zero-order valence-corrected chi connectivity index (χ0v) is 26.6. The van der Waals surface area contributed by atoms with E-state index in [0.717, 1.165) is 64.9 Å². The molecule has 4 aliphatic heterocycles. The summed E-state index contributed by atoms with van der Waals surface area (Å²) in [4.78, 5) is 49.7. The van der Waals surface area contributed by atoms with Gasteiger partial charge in [0.2, 0.25) is 0 Å². The lowest BCUT2D eigenvalue weighted by Gasteiger charge is -2.41. The second-order valence-corrected chi connectivity index (χ2v) is 13.3. The van der Waals surface area contributed by atoms with Gasteiger partial charge in [0.1, 0.15) is 0 Å². The molecular weight excluding hydrogens is 582 g/mol. The number of hydrogen-bond donors (Lipinski definition) is 4. The third kappa shape index (κ3) is 6.43. The molecule has 244 valence electrons. The Morgan fingerprint density at radius 1 is 0.891 bits per heavy atom. The van der Waals surface area contributed by atoms with Crippen molar-refractivity contribution in [2.75, 3.05) is 50.1 Å². The highest BCUT2D eigenvalue weighted by atomic mass is 16.6. The highest BCUT2D eigenvalue weighted by Gasteiger charge is 2.35. The van der Waals surface area contributed by atoms with Crippen LogP contribution in [0.1, 0.15) is 67.6 Å². The average molecular weight is 628 g/mol. The van der Waals surface area contributed by atoms with Gasteiger partial charge in [-0.15, -0.1) is 5.53 Å². The van der Waals surface area contributed by atoms with Crippen LogP contribution in [0, 0.1) is 6.92 Å². The number of carbonyl (C=O) groups is 2. The zero-order valence-electron chi connectivity index (χ0n) is 26.6. The maximum atomic E-state index is 14.0. The van der Waals surface area contributed by atoms with E-state index < -0.39 is 12.2 Å². The number of ether oxygens (including phenoxy) is 1. The number of hydrogen-bond acceptors (Lipinski definition) is 8. The molecule has 46 heavy (non-hydrogen) atoms.